The molecule has 0 amide bonds. The van der Waals surface area contributed by atoms with Gasteiger partial charge in [0.15, 0.2) is 11.5 Å². The normalized spacial score (nSPS) is 17.9. The van der Waals surface area contributed by atoms with Crippen molar-refractivity contribution in [1.29, 1.82) is 0 Å². The lowest BCUT2D eigenvalue weighted by atomic mass is 9.98. The zero-order valence-corrected chi connectivity index (χ0v) is 11.4. The van der Waals surface area contributed by atoms with Crippen molar-refractivity contribution in [2.75, 3.05) is 27.3 Å². The highest BCUT2D eigenvalue weighted by atomic mass is 35.5. The molecule has 1 unspecified atom stereocenters. The molecule has 0 bridgehead atoms. The summed E-state index contributed by atoms with van der Waals surface area (Å²) in [4.78, 5) is 1.56. The molecule has 0 aliphatic carbocycles. The van der Waals surface area contributed by atoms with Gasteiger partial charge < -0.3 is 26.8 Å². The molecule has 1 aromatic carbocycles. The van der Waals surface area contributed by atoms with E-state index in [4.69, 9.17) is 9.47 Å². The molecule has 4 heteroatoms. The van der Waals surface area contributed by atoms with Crippen LogP contribution < -0.4 is 26.8 Å². The molecule has 1 N–H and O–H groups in total. The van der Waals surface area contributed by atoms with Gasteiger partial charge in [-0.3, -0.25) is 0 Å². The Bertz CT molecular complexity index is 382. The van der Waals surface area contributed by atoms with Crippen LogP contribution in [-0.2, 0) is 13.0 Å². The van der Waals surface area contributed by atoms with Gasteiger partial charge in [-0.05, 0) is 19.1 Å². The Balaban J connectivity index is 0.00000144. The van der Waals surface area contributed by atoms with Gasteiger partial charge in [0.25, 0.3) is 0 Å². The Morgan fingerprint density at radius 3 is 2.76 bits per heavy atom. The minimum absolute atomic E-state index is 0. The predicted molar refractivity (Wildman–Crippen MR) is 63.3 cm³/mol. The highest BCUT2D eigenvalue weighted by molar-refractivity contribution is 5.51. The number of halogens is 1. The summed E-state index contributed by atoms with van der Waals surface area (Å²) in [5.74, 6) is 1.81. The lowest BCUT2D eigenvalue weighted by Crippen LogP contribution is -3.08. The van der Waals surface area contributed by atoms with Gasteiger partial charge in [-0.15, -0.1) is 0 Å². The van der Waals surface area contributed by atoms with E-state index >= 15 is 0 Å². The van der Waals surface area contributed by atoms with Crippen LogP contribution in [0, 0.1) is 0 Å². The average molecular weight is 258 g/mol. The Kier molecular flexibility index (Phi) is 5.09. The smallest absolute Gasteiger partial charge is 0.165 e. The summed E-state index contributed by atoms with van der Waals surface area (Å²) in [6.45, 7) is 4.95. The van der Waals surface area contributed by atoms with Crippen molar-refractivity contribution >= 4 is 0 Å². The van der Waals surface area contributed by atoms with Gasteiger partial charge in [0.2, 0.25) is 0 Å². The van der Waals surface area contributed by atoms with Gasteiger partial charge in [0.05, 0.1) is 27.3 Å². The van der Waals surface area contributed by atoms with E-state index in [1.807, 2.05) is 13.0 Å². The van der Waals surface area contributed by atoms with Gasteiger partial charge in [-0.1, -0.05) is 0 Å². The molecule has 17 heavy (non-hydrogen) atoms. The molecule has 0 fully saturated rings. The fraction of sp³-hybridized carbons (Fsp3) is 0.538. The highest BCUT2D eigenvalue weighted by Crippen LogP contribution is 2.34. The zero-order chi connectivity index (χ0) is 11.5. The standard InChI is InChI=1S/C13H19NO2.ClH/c1-4-16-13-11-7-8-14(2)9-10(11)5-6-12(13)15-3;/h5-6H,4,7-9H2,1-3H3;1H. The van der Waals surface area contributed by atoms with E-state index in [2.05, 4.69) is 13.1 Å². The molecule has 1 aliphatic rings. The summed E-state index contributed by atoms with van der Waals surface area (Å²) in [5, 5.41) is 0. The number of fused-ring (bicyclic) bond motifs is 1. The molecule has 0 spiro atoms. The van der Waals surface area contributed by atoms with Crippen molar-refractivity contribution in [3.05, 3.63) is 23.3 Å². The van der Waals surface area contributed by atoms with Gasteiger partial charge in [0.1, 0.15) is 6.54 Å². The number of quaternary nitrogens is 1. The summed E-state index contributed by atoms with van der Waals surface area (Å²) in [5.41, 5.74) is 2.74. The van der Waals surface area contributed by atoms with Crippen molar-refractivity contribution < 1.29 is 26.8 Å². The topological polar surface area (TPSA) is 22.9 Å². The second kappa shape index (κ2) is 6.12. The van der Waals surface area contributed by atoms with Crippen molar-refractivity contribution in [2.24, 2.45) is 0 Å². The maximum Gasteiger partial charge on any atom is 0.165 e. The molecule has 0 aromatic heterocycles. The Labute approximate surface area is 109 Å². The van der Waals surface area contributed by atoms with Gasteiger partial charge in [0, 0.05) is 17.5 Å². The maximum absolute atomic E-state index is 5.73. The van der Waals surface area contributed by atoms with E-state index in [0.717, 1.165) is 24.5 Å². The summed E-state index contributed by atoms with van der Waals surface area (Å²) in [6, 6.07) is 4.18. The summed E-state index contributed by atoms with van der Waals surface area (Å²) in [7, 11) is 3.93. The minimum atomic E-state index is 0. The number of benzene rings is 1. The fourth-order valence-corrected chi connectivity index (χ4v) is 2.30. The fourth-order valence-electron chi connectivity index (χ4n) is 2.30. The zero-order valence-electron chi connectivity index (χ0n) is 10.7. The number of rotatable bonds is 3. The molecule has 0 saturated carbocycles. The molecule has 1 aliphatic heterocycles. The average Bonchev–Trinajstić information content (AvgIpc) is 2.29. The van der Waals surface area contributed by atoms with Crippen LogP contribution in [0.5, 0.6) is 11.5 Å². The second-order valence-corrected chi connectivity index (χ2v) is 4.30. The third-order valence-corrected chi connectivity index (χ3v) is 3.12. The molecule has 3 nitrogen and oxygen atoms in total. The molecule has 1 heterocycles. The van der Waals surface area contributed by atoms with Crippen LogP contribution in [0.3, 0.4) is 0 Å². The number of nitrogens with one attached hydrogen (secondary N) is 1. The first-order valence-corrected chi connectivity index (χ1v) is 5.89. The predicted octanol–water partition coefficient (Wildman–Crippen LogP) is -2.33. The van der Waals surface area contributed by atoms with Crippen molar-refractivity contribution in [1.82, 2.24) is 0 Å². The molecule has 96 valence electrons. The SMILES string of the molecule is CCOc1c(OC)ccc2c1CC[NH+](C)C2.[Cl-]. The summed E-state index contributed by atoms with van der Waals surface area (Å²) in [6.07, 6.45) is 1.08. The number of hydrogen-bond acceptors (Lipinski definition) is 2. The van der Waals surface area contributed by atoms with E-state index in [1.165, 1.54) is 17.7 Å². The summed E-state index contributed by atoms with van der Waals surface area (Å²) >= 11 is 0. The minimum Gasteiger partial charge on any atom is -1.00 e. The Hall–Kier alpha value is -0.930. The van der Waals surface area contributed by atoms with Crippen LogP contribution >= 0.6 is 0 Å². The Morgan fingerprint density at radius 1 is 1.35 bits per heavy atom. The molecule has 0 radical (unpaired) electrons. The molecule has 0 saturated heterocycles. The first-order chi connectivity index (χ1) is 7.76. The number of ether oxygens (including phenoxy) is 2. The molecule has 1 atom stereocenters. The van der Waals surface area contributed by atoms with Crippen molar-refractivity contribution in [3.63, 3.8) is 0 Å². The van der Waals surface area contributed by atoms with E-state index < -0.39 is 0 Å². The van der Waals surface area contributed by atoms with E-state index in [9.17, 15) is 0 Å². The largest absolute Gasteiger partial charge is 1.00 e. The first-order valence-electron chi connectivity index (χ1n) is 5.89. The van der Waals surface area contributed by atoms with E-state index in [0.29, 0.717) is 6.61 Å². The third kappa shape index (κ3) is 2.85. The first kappa shape index (κ1) is 14.1. The molecule has 1 aromatic rings. The highest BCUT2D eigenvalue weighted by Gasteiger charge is 2.22. The molecular weight excluding hydrogens is 238 g/mol. The lowest BCUT2D eigenvalue weighted by molar-refractivity contribution is -0.895. The number of likely N-dealkylation sites (N-methyl/N-ethyl adjacent to an activating group) is 1. The van der Waals surface area contributed by atoms with Crippen LogP contribution in [0.4, 0.5) is 0 Å². The van der Waals surface area contributed by atoms with Crippen LogP contribution in [0.2, 0.25) is 0 Å². The van der Waals surface area contributed by atoms with Crippen LogP contribution in [0.15, 0.2) is 12.1 Å². The lowest BCUT2D eigenvalue weighted by Gasteiger charge is -2.25. The van der Waals surface area contributed by atoms with Crippen LogP contribution in [-0.4, -0.2) is 27.3 Å². The van der Waals surface area contributed by atoms with Crippen molar-refractivity contribution in [2.45, 2.75) is 19.9 Å². The van der Waals surface area contributed by atoms with Crippen LogP contribution in [0.1, 0.15) is 18.1 Å². The van der Waals surface area contributed by atoms with Gasteiger partial charge in [-0.2, -0.15) is 0 Å². The number of methoxy groups -OCH3 is 1. The van der Waals surface area contributed by atoms with Crippen LogP contribution in [0.25, 0.3) is 0 Å². The van der Waals surface area contributed by atoms with Gasteiger partial charge in [-0.25, -0.2) is 0 Å². The maximum atomic E-state index is 5.73. The molecular formula is C13H20ClNO2. The van der Waals surface area contributed by atoms with E-state index in [-0.39, 0.29) is 12.4 Å². The monoisotopic (exact) mass is 257 g/mol. The Morgan fingerprint density at radius 2 is 2.12 bits per heavy atom. The van der Waals surface area contributed by atoms with Crippen molar-refractivity contribution in [3.8, 4) is 11.5 Å². The number of hydrogen-bond donors (Lipinski definition) is 1. The third-order valence-electron chi connectivity index (χ3n) is 3.12. The molecule has 2 rings (SSSR count). The quantitative estimate of drug-likeness (QED) is 0.657. The van der Waals surface area contributed by atoms with Gasteiger partial charge >= 0.3 is 0 Å². The van der Waals surface area contributed by atoms with E-state index in [1.54, 1.807) is 12.0 Å². The summed E-state index contributed by atoms with van der Waals surface area (Å²) < 4.78 is 11.1. The second-order valence-electron chi connectivity index (χ2n) is 4.30.